The minimum Gasteiger partial charge on any atom is -0.368 e. The lowest BCUT2D eigenvalue weighted by atomic mass is 9.88. The summed E-state index contributed by atoms with van der Waals surface area (Å²) in [6, 6.07) is 7.31. The molecule has 2 rings (SSSR count). The first kappa shape index (κ1) is 15.5. The maximum absolute atomic E-state index is 12.2. The Morgan fingerprint density at radius 1 is 1.19 bits per heavy atom. The summed E-state index contributed by atoms with van der Waals surface area (Å²) in [6.45, 7) is 2.01. The average molecular weight is 288 g/mol. The largest absolute Gasteiger partial charge is 0.368 e. The molecule has 4 heteroatoms. The summed E-state index contributed by atoms with van der Waals surface area (Å²) in [6.07, 6.45) is 5.68. The predicted molar refractivity (Wildman–Crippen MR) is 82.6 cm³/mol. The molecule has 0 spiro atoms. The van der Waals surface area contributed by atoms with Crippen LogP contribution in [-0.4, -0.2) is 17.9 Å². The number of carbonyl (C=O) groups is 2. The van der Waals surface area contributed by atoms with E-state index in [0.29, 0.717) is 6.42 Å². The van der Waals surface area contributed by atoms with E-state index in [9.17, 15) is 9.59 Å². The van der Waals surface area contributed by atoms with Crippen LogP contribution in [0.4, 0.5) is 0 Å². The SMILES string of the molecule is Cc1ccc(C[C@H](NC(=O)C2CCCCC2)C(N)=O)cc1. The van der Waals surface area contributed by atoms with Crippen molar-refractivity contribution in [1.82, 2.24) is 5.32 Å². The Morgan fingerprint density at radius 3 is 2.38 bits per heavy atom. The fourth-order valence-corrected chi connectivity index (χ4v) is 2.84. The zero-order valence-electron chi connectivity index (χ0n) is 12.6. The highest BCUT2D eigenvalue weighted by Crippen LogP contribution is 2.23. The van der Waals surface area contributed by atoms with E-state index >= 15 is 0 Å². The number of nitrogens with one attached hydrogen (secondary N) is 1. The number of amides is 2. The van der Waals surface area contributed by atoms with Crippen LogP contribution in [-0.2, 0) is 16.0 Å². The van der Waals surface area contributed by atoms with Crippen molar-refractivity contribution in [1.29, 1.82) is 0 Å². The van der Waals surface area contributed by atoms with Gasteiger partial charge in [0.15, 0.2) is 0 Å². The van der Waals surface area contributed by atoms with E-state index in [-0.39, 0.29) is 11.8 Å². The number of aryl methyl sites for hydroxylation is 1. The smallest absolute Gasteiger partial charge is 0.240 e. The van der Waals surface area contributed by atoms with Gasteiger partial charge in [-0.3, -0.25) is 9.59 Å². The number of nitrogens with two attached hydrogens (primary N) is 1. The third-order valence-corrected chi connectivity index (χ3v) is 4.20. The van der Waals surface area contributed by atoms with E-state index in [1.807, 2.05) is 31.2 Å². The van der Waals surface area contributed by atoms with Crippen LogP contribution in [0.2, 0.25) is 0 Å². The molecular formula is C17H24N2O2. The van der Waals surface area contributed by atoms with Gasteiger partial charge >= 0.3 is 0 Å². The van der Waals surface area contributed by atoms with Crippen LogP contribution in [0.1, 0.15) is 43.2 Å². The topological polar surface area (TPSA) is 72.2 Å². The molecule has 3 N–H and O–H groups in total. The second-order valence-corrected chi connectivity index (χ2v) is 5.99. The van der Waals surface area contributed by atoms with Crippen LogP contribution >= 0.6 is 0 Å². The van der Waals surface area contributed by atoms with Crippen molar-refractivity contribution in [3.63, 3.8) is 0 Å². The molecule has 0 aromatic heterocycles. The summed E-state index contributed by atoms with van der Waals surface area (Å²) in [4.78, 5) is 23.8. The number of hydrogen-bond donors (Lipinski definition) is 2. The Morgan fingerprint density at radius 2 is 1.81 bits per heavy atom. The molecular weight excluding hydrogens is 264 g/mol. The summed E-state index contributed by atoms with van der Waals surface area (Å²) in [7, 11) is 0. The van der Waals surface area contributed by atoms with Crippen LogP contribution in [0.15, 0.2) is 24.3 Å². The zero-order chi connectivity index (χ0) is 15.2. The molecule has 1 aromatic carbocycles. The van der Waals surface area contributed by atoms with E-state index in [2.05, 4.69) is 5.32 Å². The van der Waals surface area contributed by atoms with Gasteiger partial charge in [-0.2, -0.15) is 0 Å². The number of carbonyl (C=O) groups excluding carboxylic acids is 2. The van der Waals surface area contributed by atoms with E-state index in [0.717, 1.165) is 31.2 Å². The molecule has 2 amide bonds. The third kappa shape index (κ3) is 4.59. The molecule has 1 aromatic rings. The molecule has 0 heterocycles. The Hall–Kier alpha value is -1.84. The Bertz CT molecular complexity index is 490. The lowest BCUT2D eigenvalue weighted by Crippen LogP contribution is -2.48. The molecule has 0 bridgehead atoms. The number of benzene rings is 1. The summed E-state index contributed by atoms with van der Waals surface area (Å²) in [5, 5.41) is 2.84. The van der Waals surface area contributed by atoms with Gasteiger partial charge in [-0.15, -0.1) is 0 Å². The second-order valence-electron chi connectivity index (χ2n) is 5.99. The molecule has 0 radical (unpaired) electrons. The molecule has 1 saturated carbocycles. The van der Waals surface area contributed by atoms with Crippen molar-refractivity contribution in [2.24, 2.45) is 11.7 Å². The van der Waals surface area contributed by atoms with Gasteiger partial charge in [0.1, 0.15) is 6.04 Å². The molecule has 1 aliphatic rings. The average Bonchev–Trinajstić information content (AvgIpc) is 2.49. The molecule has 0 aliphatic heterocycles. The van der Waals surface area contributed by atoms with Gasteiger partial charge in [-0.1, -0.05) is 49.1 Å². The summed E-state index contributed by atoms with van der Waals surface area (Å²) >= 11 is 0. The van der Waals surface area contributed by atoms with Crippen LogP contribution in [0, 0.1) is 12.8 Å². The lowest BCUT2D eigenvalue weighted by Gasteiger charge is -2.23. The molecule has 1 aliphatic carbocycles. The summed E-state index contributed by atoms with van der Waals surface area (Å²) < 4.78 is 0. The van der Waals surface area contributed by atoms with Crippen molar-refractivity contribution in [2.45, 2.75) is 51.5 Å². The molecule has 0 saturated heterocycles. The van der Waals surface area contributed by atoms with Crippen LogP contribution in [0.3, 0.4) is 0 Å². The summed E-state index contributed by atoms with van der Waals surface area (Å²) in [5.74, 6) is -0.455. The molecule has 4 nitrogen and oxygen atoms in total. The van der Waals surface area contributed by atoms with Crippen LogP contribution < -0.4 is 11.1 Å². The van der Waals surface area contributed by atoms with Gasteiger partial charge in [-0.25, -0.2) is 0 Å². The van der Waals surface area contributed by atoms with Crippen molar-refractivity contribution in [3.05, 3.63) is 35.4 Å². The van der Waals surface area contributed by atoms with Crippen molar-refractivity contribution < 1.29 is 9.59 Å². The van der Waals surface area contributed by atoms with Gasteiger partial charge in [0.2, 0.25) is 11.8 Å². The van der Waals surface area contributed by atoms with Gasteiger partial charge in [0.05, 0.1) is 0 Å². The van der Waals surface area contributed by atoms with Gasteiger partial charge in [0.25, 0.3) is 0 Å². The number of primary amides is 1. The van der Waals surface area contributed by atoms with Gasteiger partial charge in [0, 0.05) is 12.3 Å². The normalized spacial score (nSPS) is 17.2. The molecule has 1 atom stereocenters. The van der Waals surface area contributed by atoms with Crippen LogP contribution in [0.25, 0.3) is 0 Å². The molecule has 21 heavy (non-hydrogen) atoms. The standard InChI is InChI=1S/C17H24N2O2/c1-12-7-9-13(10-8-12)11-15(16(18)20)19-17(21)14-5-3-2-4-6-14/h7-10,14-15H,2-6,11H2,1H3,(H2,18,20)(H,19,21)/t15-/m0/s1. The highest BCUT2D eigenvalue weighted by Gasteiger charge is 2.25. The van der Waals surface area contributed by atoms with E-state index in [1.165, 1.54) is 12.0 Å². The van der Waals surface area contributed by atoms with Crippen molar-refractivity contribution in [3.8, 4) is 0 Å². The molecule has 114 valence electrons. The first-order valence-corrected chi connectivity index (χ1v) is 7.71. The van der Waals surface area contributed by atoms with Crippen LogP contribution in [0.5, 0.6) is 0 Å². The maximum Gasteiger partial charge on any atom is 0.240 e. The Labute approximate surface area is 126 Å². The first-order chi connectivity index (χ1) is 10.1. The Kier molecular flexibility index (Phi) is 5.37. The van der Waals surface area contributed by atoms with E-state index in [4.69, 9.17) is 5.73 Å². The highest BCUT2D eigenvalue weighted by atomic mass is 16.2. The van der Waals surface area contributed by atoms with Crippen molar-refractivity contribution >= 4 is 11.8 Å². The number of hydrogen-bond acceptors (Lipinski definition) is 2. The predicted octanol–water partition coefficient (Wildman–Crippen LogP) is 2.09. The minimum absolute atomic E-state index is 0.0226. The second kappa shape index (κ2) is 7.25. The Balaban J connectivity index is 1.96. The lowest BCUT2D eigenvalue weighted by molar-refractivity contribution is -0.130. The van der Waals surface area contributed by atoms with Gasteiger partial charge < -0.3 is 11.1 Å². The van der Waals surface area contributed by atoms with E-state index in [1.54, 1.807) is 0 Å². The maximum atomic E-state index is 12.2. The minimum atomic E-state index is -0.623. The quantitative estimate of drug-likeness (QED) is 0.870. The first-order valence-electron chi connectivity index (χ1n) is 7.71. The fourth-order valence-electron chi connectivity index (χ4n) is 2.84. The van der Waals surface area contributed by atoms with Gasteiger partial charge in [-0.05, 0) is 25.3 Å². The van der Waals surface area contributed by atoms with E-state index < -0.39 is 11.9 Å². The van der Waals surface area contributed by atoms with Crippen molar-refractivity contribution in [2.75, 3.05) is 0 Å². The number of rotatable bonds is 5. The third-order valence-electron chi connectivity index (χ3n) is 4.20. The monoisotopic (exact) mass is 288 g/mol. The highest BCUT2D eigenvalue weighted by molar-refractivity contribution is 5.87. The molecule has 0 unspecified atom stereocenters. The zero-order valence-corrected chi connectivity index (χ0v) is 12.6. The molecule has 1 fully saturated rings. The summed E-state index contributed by atoms with van der Waals surface area (Å²) in [5.41, 5.74) is 7.61. The fraction of sp³-hybridized carbons (Fsp3) is 0.529.